The quantitative estimate of drug-likeness (QED) is 0.428. The molecule has 3 aliphatic rings. The van der Waals surface area contributed by atoms with Gasteiger partial charge in [-0.3, -0.25) is 19.7 Å². The smallest absolute Gasteiger partial charge is 0.272 e. The third-order valence-corrected chi connectivity index (χ3v) is 9.30. The van der Waals surface area contributed by atoms with Crippen LogP contribution >= 0.6 is 0 Å². The molecule has 1 N–H and O–H groups in total. The standard InChI is InChI=1S/C25H28N4O6S/c1-15-3-4-16(11-21(15)29(32)33)12-24(30)28-22-13-17(22)14-23(28)25(31)26-18-5-9-20(10-6-18)36(34,35)27(2)19-7-8-19/h3-6,9-11,17,19,22-23H,7-8,12-14H2,1-2H3,(H,26,31)/t17-,22-,23+/m1/s1. The molecule has 2 saturated carbocycles. The summed E-state index contributed by atoms with van der Waals surface area (Å²) in [4.78, 5) is 38.8. The molecule has 36 heavy (non-hydrogen) atoms. The largest absolute Gasteiger partial charge is 0.327 e. The van der Waals surface area contributed by atoms with Crippen molar-refractivity contribution in [1.29, 1.82) is 0 Å². The Hall–Kier alpha value is -3.31. The lowest BCUT2D eigenvalue weighted by Crippen LogP contribution is -2.46. The summed E-state index contributed by atoms with van der Waals surface area (Å²) in [6.07, 6.45) is 3.13. The van der Waals surface area contributed by atoms with Gasteiger partial charge in [0.25, 0.3) is 5.69 Å². The molecule has 0 spiro atoms. The number of likely N-dealkylation sites (tertiary alicyclic amines) is 1. The van der Waals surface area contributed by atoms with Crippen LogP contribution in [0.5, 0.6) is 0 Å². The minimum Gasteiger partial charge on any atom is -0.327 e. The van der Waals surface area contributed by atoms with Gasteiger partial charge in [-0.1, -0.05) is 12.1 Å². The SMILES string of the molecule is Cc1ccc(CC(=O)N2[C@@H]3C[C@@H]3C[C@H]2C(=O)Nc2ccc(S(=O)(=O)N(C)C3CC3)cc2)cc1[N+](=O)[O-]. The molecule has 2 amide bonds. The summed E-state index contributed by atoms with van der Waals surface area (Å²) in [6.45, 7) is 1.65. The van der Waals surface area contributed by atoms with Crippen molar-refractivity contribution >= 4 is 33.2 Å². The van der Waals surface area contributed by atoms with Crippen LogP contribution in [0.1, 0.15) is 36.8 Å². The summed E-state index contributed by atoms with van der Waals surface area (Å²) in [5.41, 5.74) is 1.48. The highest BCUT2D eigenvalue weighted by Gasteiger charge is 2.55. The van der Waals surface area contributed by atoms with E-state index in [-0.39, 0.29) is 46.8 Å². The average Bonchev–Trinajstić information content (AvgIpc) is 3.77. The Morgan fingerprint density at radius 2 is 1.83 bits per heavy atom. The first-order valence-electron chi connectivity index (χ1n) is 12.0. The number of piperidine rings is 1. The highest BCUT2D eigenvalue weighted by atomic mass is 32.2. The second-order valence-electron chi connectivity index (χ2n) is 9.94. The molecule has 0 radical (unpaired) electrons. The van der Waals surface area contributed by atoms with E-state index in [9.17, 15) is 28.1 Å². The van der Waals surface area contributed by atoms with Crippen LogP contribution in [-0.2, 0) is 26.0 Å². The molecule has 3 fully saturated rings. The zero-order valence-electron chi connectivity index (χ0n) is 20.1. The van der Waals surface area contributed by atoms with Gasteiger partial charge in [0, 0.05) is 36.4 Å². The summed E-state index contributed by atoms with van der Waals surface area (Å²) in [7, 11) is -2.00. The maximum absolute atomic E-state index is 13.2. The maximum atomic E-state index is 13.2. The van der Waals surface area contributed by atoms with Crippen LogP contribution in [0.25, 0.3) is 0 Å². The van der Waals surface area contributed by atoms with Gasteiger partial charge < -0.3 is 10.2 Å². The van der Waals surface area contributed by atoms with Crippen LogP contribution < -0.4 is 5.32 Å². The van der Waals surface area contributed by atoms with E-state index < -0.39 is 21.0 Å². The Balaban J connectivity index is 1.26. The van der Waals surface area contributed by atoms with Gasteiger partial charge in [-0.25, -0.2) is 8.42 Å². The van der Waals surface area contributed by atoms with E-state index >= 15 is 0 Å². The lowest BCUT2D eigenvalue weighted by Gasteiger charge is -2.27. The van der Waals surface area contributed by atoms with Crippen molar-refractivity contribution in [2.24, 2.45) is 5.92 Å². The molecule has 1 heterocycles. The number of fused-ring (bicyclic) bond motifs is 1. The molecule has 190 valence electrons. The first-order valence-corrected chi connectivity index (χ1v) is 13.4. The number of carbonyl (C=O) groups is 2. The van der Waals surface area contributed by atoms with Crippen molar-refractivity contribution in [2.75, 3.05) is 12.4 Å². The summed E-state index contributed by atoms with van der Waals surface area (Å²) in [5, 5.41) is 14.1. The molecular formula is C25H28N4O6S. The Bertz CT molecular complexity index is 1340. The number of amides is 2. The Labute approximate surface area is 209 Å². The van der Waals surface area contributed by atoms with E-state index in [1.165, 1.54) is 22.5 Å². The fourth-order valence-electron chi connectivity index (χ4n) is 5.01. The number of nitro groups is 1. The number of nitrogens with zero attached hydrogens (tertiary/aromatic N) is 3. The van der Waals surface area contributed by atoms with Gasteiger partial charge in [-0.2, -0.15) is 4.31 Å². The number of nitro benzene ring substituents is 1. The third kappa shape index (κ3) is 4.60. The van der Waals surface area contributed by atoms with Crippen LogP contribution in [0, 0.1) is 23.0 Å². The van der Waals surface area contributed by atoms with Crippen LogP contribution in [0.2, 0.25) is 0 Å². The van der Waals surface area contributed by atoms with Gasteiger partial charge in [0.15, 0.2) is 0 Å². The number of aryl methyl sites for hydroxylation is 1. The number of carbonyl (C=O) groups excluding carboxylic acids is 2. The van der Waals surface area contributed by atoms with Crippen molar-refractivity contribution in [3.63, 3.8) is 0 Å². The van der Waals surface area contributed by atoms with Gasteiger partial charge in [0.05, 0.1) is 16.2 Å². The van der Waals surface area contributed by atoms with Gasteiger partial charge in [-0.05, 0) is 68.4 Å². The first-order chi connectivity index (χ1) is 17.1. The third-order valence-electron chi connectivity index (χ3n) is 7.38. The second-order valence-corrected chi connectivity index (χ2v) is 11.9. The molecule has 2 aromatic carbocycles. The lowest BCUT2D eigenvalue weighted by molar-refractivity contribution is -0.385. The van der Waals surface area contributed by atoms with E-state index in [0.29, 0.717) is 23.2 Å². The normalized spacial score (nSPS) is 22.9. The van der Waals surface area contributed by atoms with Crippen LogP contribution in [0.3, 0.4) is 0 Å². The number of hydrogen-bond donors (Lipinski definition) is 1. The lowest BCUT2D eigenvalue weighted by atomic mass is 10.1. The number of nitrogens with one attached hydrogen (secondary N) is 1. The van der Waals surface area contributed by atoms with Crippen molar-refractivity contribution in [3.05, 3.63) is 63.7 Å². The predicted octanol–water partition coefficient (Wildman–Crippen LogP) is 2.86. The van der Waals surface area contributed by atoms with Crippen molar-refractivity contribution < 1.29 is 22.9 Å². The molecule has 0 unspecified atom stereocenters. The average molecular weight is 513 g/mol. The molecule has 2 aromatic rings. The topological polar surface area (TPSA) is 130 Å². The Morgan fingerprint density at radius 1 is 1.14 bits per heavy atom. The van der Waals surface area contributed by atoms with Crippen molar-refractivity contribution in [2.45, 2.75) is 62.0 Å². The van der Waals surface area contributed by atoms with Crippen LogP contribution in [0.4, 0.5) is 11.4 Å². The second kappa shape index (κ2) is 8.97. The molecule has 3 atom stereocenters. The molecule has 5 rings (SSSR count). The van der Waals surface area contributed by atoms with Crippen LogP contribution in [-0.4, -0.2) is 59.5 Å². The minimum absolute atomic E-state index is 0.0131. The number of rotatable bonds is 8. The summed E-state index contributed by atoms with van der Waals surface area (Å²) >= 11 is 0. The molecule has 1 saturated heterocycles. The molecule has 1 aliphatic heterocycles. The molecule has 10 nitrogen and oxygen atoms in total. The molecule has 2 aliphatic carbocycles. The van der Waals surface area contributed by atoms with E-state index in [1.54, 1.807) is 43.1 Å². The molecule has 11 heteroatoms. The predicted molar refractivity (Wildman–Crippen MR) is 132 cm³/mol. The summed E-state index contributed by atoms with van der Waals surface area (Å²) in [6, 6.07) is 10.2. The zero-order chi connectivity index (χ0) is 25.8. The fourth-order valence-corrected chi connectivity index (χ4v) is 6.43. The highest BCUT2D eigenvalue weighted by molar-refractivity contribution is 7.89. The van der Waals surface area contributed by atoms with Gasteiger partial charge in [-0.15, -0.1) is 0 Å². The molecule has 0 aromatic heterocycles. The van der Waals surface area contributed by atoms with E-state index in [4.69, 9.17) is 0 Å². The number of sulfonamides is 1. The first kappa shape index (κ1) is 24.4. The Morgan fingerprint density at radius 3 is 2.47 bits per heavy atom. The fraction of sp³-hybridized carbons (Fsp3) is 0.440. The maximum Gasteiger partial charge on any atom is 0.272 e. The monoisotopic (exact) mass is 512 g/mol. The highest BCUT2D eigenvalue weighted by Crippen LogP contribution is 2.48. The van der Waals surface area contributed by atoms with E-state index in [2.05, 4.69) is 5.32 Å². The van der Waals surface area contributed by atoms with Crippen LogP contribution in [0.15, 0.2) is 47.4 Å². The molecule has 0 bridgehead atoms. The van der Waals surface area contributed by atoms with Crippen molar-refractivity contribution in [3.8, 4) is 0 Å². The number of anilines is 1. The van der Waals surface area contributed by atoms with E-state index in [1.807, 2.05) is 0 Å². The van der Waals surface area contributed by atoms with E-state index in [0.717, 1.165) is 19.3 Å². The summed E-state index contributed by atoms with van der Waals surface area (Å²) < 4.78 is 26.8. The zero-order valence-corrected chi connectivity index (χ0v) is 20.9. The number of hydrogen-bond acceptors (Lipinski definition) is 6. The van der Waals surface area contributed by atoms with Crippen molar-refractivity contribution in [1.82, 2.24) is 9.21 Å². The summed E-state index contributed by atoms with van der Waals surface area (Å²) in [5.74, 6) is -0.276. The van der Waals surface area contributed by atoms with Gasteiger partial charge in [0.1, 0.15) is 6.04 Å². The van der Waals surface area contributed by atoms with Gasteiger partial charge in [0.2, 0.25) is 21.8 Å². The Kier molecular flexibility index (Phi) is 6.08. The number of benzene rings is 2. The molecular weight excluding hydrogens is 484 g/mol. The van der Waals surface area contributed by atoms with Gasteiger partial charge >= 0.3 is 0 Å². The minimum atomic E-state index is -3.57.